The lowest BCUT2D eigenvalue weighted by Gasteiger charge is -2.32. The van der Waals surface area contributed by atoms with Gasteiger partial charge in [0.1, 0.15) is 0 Å². The molecule has 2 atom stereocenters. The number of hydrogen-bond donors (Lipinski definition) is 1. The van der Waals surface area contributed by atoms with Crippen molar-refractivity contribution in [3.05, 3.63) is 0 Å². The highest BCUT2D eigenvalue weighted by molar-refractivity contribution is 4.92. The zero-order valence-corrected chi connectivity index (χ0v) is 12.4. The van der Waals surface area contributed by atoms with Crippen LogP contribution in [0.4, 0.5) is 0 Å². The molecule has 0 saturated carbocycles. The molecule has 3 saturated heterocycles. The molecule has 3 aliphatic rings. The quantitative estimate of drug-likeness (QED) is 0.797. The second-order valence-electron chi connectivity index (χ2n) is 6.75. The Kier molecular flexibility index (Phi) is 4.42. The fourth-order valence-corrected chi connectivity index (χ4v) is 4.18. The van der Waals surface area contributed by atoms with Gasteiger partial charge in [-0.2, -0.15) is 0 Å². The fraction of sp³-hybridized carbons (Fsp3) is 1.00. The van der Waals surface area contributed by atoms with Gasteiger partial charge in [0.25, 0.3) is 0 Å². The second kappa shape index (κ2) is 6.08. The smallest absolute Gasteiger partial charge is 0.0547 e. The summed E-state index contributed by atoms with van der Waals surface area (Å²) in [6, 6.07) is 0.830. The summed E-state index contributed by atoms with van der Waals surface area (Å²) in [5.74, 6) is 0. The van der Waals surface area contributed by atoms with Gasteiger partial charge in [-0.1, -0.05) is 0 Å². The molecule has 0 spiro atoms. The molecule has 1 N–H and O–H groups in total. The van der Waals surface area contributed by atoms with Crippen molar-refractivity contribution < 1.29 is 4.74 Å². The Morgan fingerprint density at radius 1 is 1.26 bits per heavy atom. The molecule has 3 fully saturated rings. The second-order valence-corrected chi connectivity index (χ2v) is 6.75. The summed E-state index contributed by atoms with van der Waals surface area (Å²) in [7, 11) is 2.07. The maximum Gasteiger partial charge on any atom is 0.0547 e. The van der Waals surface area contributed by atoms with Gasteiger partial charge in [0.2, 0.25) is 0 Å². The lowest BCUT2D eigenvalue weighted by Crippen LogP contribution is -2.44. The molecule has 0 aromatic heterocycles. The summed E-state index contributed by atoms with van der Waals surface area (Å²) in [5, 5.41) is 3.37. The minimum absolute atomic E-state index is 0.370. The van der Waals surface area contributed by atoms with Gasteiger partial charge in [0, 0.05) is 37.7 Å². The van der Waals surface area contributed by atoms with E-state index in [0.717, 1.165) is 25.8 Å². The minimum atomic E-state index is 0.370. The van der Waals surface area contributed by atoms with Crippen molar-refractivity contribution in [2.24, 2.45) is 5.41 Å². The SMILES string of the molecule is CNCC1(CN2CCC(N3CCCC3)C2)CCOC1. The molecule has 0 aromatic rings. The van der Waals surface area contributed by atoms with Gasteiger partial charge in [0.05, 0.1) is 6.61 Å². The van der Waals surface area contributed by atoms with E-state index in [1.165, 1.54) is 58.4 Å². The minimum Gasteiger partial charge on any atom is -0.381 e. The zero-order chi connectivity index (χ0) is 13.1. The first-order valence-corrected chi connectivity index (χ1v) is 8.00. The Labute approximate surface area is 117 Å². The van der Waals surface area contributed by atoms with Gasteiger partial charge in [0.15, 0.2) is 0 Å². The predicted octanol–water partition coefficient (Wildman–Crippen LogP) is 0.783. The summed E-state index contributed by atoms with van der Waals surface area (Å²) in [6.07, 6.45) is 5.41. The van der Waals surface area contributed by atoms with E-state index < -0.39 is 0 Å². The Hall–Kier alpha value is -0.160. The van der Waals surface area contributed by atoms with Gasteiger partial charge < -0.3 is 15.0 Å². The van der Waals surface area contributed by atoms with Crippen LogP contribution in [0.2, 0.25) is 0 Å². The monoisotopic (exact) mass is 267 g/mol. The molecule has 3 heterocycles. The van der Waals surface area contributed by atoms with Crippen LogP contribution < -0.4 is 5.32 Å². The van der Waals surface area contributed by atoms with Crippen LogP contribution in [-0.4, -0.2) is 75.4 Å². The van der Waals surface area contributed by atoms with Crippen LogP contribution in [0.3, 0.4) is 0 Å². The van der Waals surface area contributed by atoms with E-state index >= 15 is 0 Å². The Balaban J connectivity index is 1.52. The average molecular weight is 267 g/mol. The van der Waals surface area contributed by atoms with Crippen LogP contribution >= 0.6 is 0 Å². The van der Waals surface area contributed by atoms with Crippen LogP contribution in [0.5, 0.6) is 0 Å². The first kappa shape index (κ1) is 13.8. The van der Waals surface area contributed by atoms with Crippen LogP contribution in [-0.2, 0) is 4.74 Å². The van der Waals surface area contributed by atoms with E-state index in [2.05, 4.69) is 22.2 Å². The van der Waals surface area contributed by atoms with E-state index in [0.29, 0.717) is 5.41 Å². The van der Waals surface area contributed by atoms with Crippen molar-refractivity contribution in [2.75, 3.05) is 59.5 Å². The Morgan fingerprint density at radius 2 is 2.11 bits per heavy atom. The van der Waals surface area contributed by atoms with Crippen LogP contribution in [0.25, 0.3) is 0 Å². The standard InChI is InChI=1S/C15H29N3O/c1-16-11-15(5-9-19-13-15)12-17-8-4-14(10-17)18-6-2-3-7-18/h14,16H,2-13H2,1H3. The summed E-state index contributed by atoms with van der Waals surface area (Å²) in [6.45, 7) is 9.45. The largest absolute Gasteiger partial charge is 0.381 e. The molecule has 3 rings (SSSR count). The summed E-state index contributed by atoms with van der Waals surface area (Å²) >= 11 is 0. The highest BCUT2D eigenvalue weighted by Crippen LogP contribution is 2.31. The Bertz CT molecular complexity index is 285. The van der Waals surface area contributed by atoms with Crippen molar-refractivity contribution in [1.82, 2.24) is 15.1 Å². The summed E-state index contributed by atoms with van der Waals surface area (Å²) in [5.41, 5.74) is 0.370. The first-order valence-electron chi connectivity index (χ1n) is 8.00. The molecule has 0 aliphatic carbocycles. The van der Waals surface area contributed by atoms with E-state index in [4.69, 9.17) is 4.74 Å². The van der Waals surface area contributed by atoms with Crippen molar-refractivity contribution in [3.63, 3.8) is 0 Å². The molecular formula is C15H29N3O. The lowest BCUT2D eigenvalue weighted by atomic mass is 9.86. The number of nitrogens with one attached hydrogen (secondary N) is 1. The van der Waals surface area contributed by atoms with Crippen molar-refractivity contribution >= 4 is 0 Å². The van der Waals surface area contributed by atoms with E-state index in [1.807, 2.05) is 0 Å². The van der Waals surface area contributed by atoms with Crippen LogP contribution in [0.15, 0.2) is 0 Å². The fourth-order valence-electron chi connectivity index (χ4n) is 4.18. The molecular weight excluding hydrogens is 238 g/mol. The maximum absolute atomic E-state index is 5.67. The highest BCUT2D eigenvalue weighted by Gasteiger charge is 2.38. The molecule has 2 unspecified atom stereocenters. The van der Waals surface area contributed by atoms with Gasteiger partial charge in [-0.05, 0) is 52.4 Å². The Morgan fingerprint density at radius 3 is 2.79 bits per heavy atom. The third kappa shape index (κ3) is 3.13. The third-order valence-corrected chi connectivity index (χ3v) is 5.20. The normalized spacial score (nSPS) is 37.4. The number of rotatable bonds is 5. The molecule has 19 heavy (non-hydrogen) atoms. The van der Waals surface area contributed by atoms with Gasteiger partial charge >= 0.3 is 0 Å². The predicted molar refractivity (Wildman–Crippen MR) is 77.4 cm³/mol. The lowest BCUT2D eigenvalue weighted by molar-refractivity contribution is 0.116. The molecule has 110 valence electrons. The van der Waals surface area contributed by atoms with Gasteiger partial charge in [-0.15, -0.1) is 0 Å². The van der Waals surface area contributed by atoms with Gasteiger partial charge in [-0.3, -0.25) is 4.90 Å². The summed E-state index contributed by atoms with van der Waals surface area (Å²) < 4.78 is 5.67. The van der Waals surface area contributed by atoms with Crippen LogP contribution in [0.1, 0.15) is 25.7 Å². The molecule has 0 bridgehead atoms. The van der Waals surface area contributed by atoms with E-state index in [9.17, 15) is 0 Å². The first-order chi connectivity index (χ1) is 9.31. The molecule has 0 aromatic carbocycles. The number of likely N-dealkylation sites (tertiary alicyclic amines) is 2. The summed E-state index contributed by atoms with van der Waals surface area (Å²) in [4.78, 5) is 5.41. The van der Waals surface area contributed by atoms with Crippen LogP contribution in [0, 0.1) is 5.41 Å². The van der Waals surface area contributed by atoms with E-state index in [-0.39, 0.29) is 0 Å². The molecule has 3 aliphatic heterocycles. The molecule has 4 heteroatoms. The molecule has 4 nitrogen and oxygen atoms in total. The number of hydrogen-bond acceptors (Lipinski definition) is 4. The van der Waals surface area contributed by atoms with Gasteiger partial charge in [-0.25, -0.2) is 0 Å². The molecule has 0 radical (unpaired) electrons. The maximum atomic E-state index is 5.67. The van der Waals surface area contributed by atoms with E-state index in [1.54, 1.807) is 0 Å². The van der Waals surface area contributed by atoms with Crippen molar-refractivity contribution in [1.29, 1.82) is 0 Å². The number of ether oxygens (including phenoxy) is 1. The van der Waals surface area contributed by atoms with Crippen molar-refractivity contribution in [3.8, 4) is 0 Å². The highest BCUT2D eigenvalue weighted by atomic mass is 16.5. The number of nitrogens with zero attached hydrogens (tertiary/aromatic N) is 2. The average Bonchev–Trinajstić information content (AvgIpc) is 3.10. The third-order valence-electron chi connectivity index (χ3n) is 5.20. The van der Waals surface area contributed by atoms with Crippen molar-refractivity contribution in [2.45, 2.75) is 31.7 Å². The zero-order valence-electron chi connectivity index (χ0n) is 12.4. The topological polar surface area (TPSA) is 27.7 Å². The molecule has 0 amide bonds.